The predicted molar refractivity (Wildman–Crippen MR) is 106 cm³/mol. The third-order valence-electron chi connectivity index (χ3n) is 5.33. The van der Waals surface area contributed by atoms with Crippen LogP contribution in [0.2, 0.25) is 5.15 Å². The van der Waals surface area contributed by atoms with Crippen LogP contribution in [-0.4, -0.2) is 27.3 Å². The molecular weight excluding hydrogens is 366 g/mol. The van der Waals surface area contributed by atoms with Crippen LogP contribution in [-0.2, 0) is 0 Å². The molecule has 1 amide bonds. The van der Waals surface area contributed by atoms with E-state index in [9.17, 15) is 4.79 Å². The van der Waals surface area contributed by atoms with Gasteiger partial charge in [-0.25, -0.2) is 4.98 Å². The molecular formula is C20H20ClN3OS. The minimum atomic E-state index is -0.203. The van der Waals surface area contributed by atoms with E-state index < -0.39 is 0 Å². The fourth-order valence-corrected chi connectivity index (χ4v) is 4.47. The van der Waals surface area contributed by atoms with E-state index in [1.54, 1.807) is 18.2 Å². The van der Waals surface area contributed by atoms with E-state index in [1.807, 2.05) is 6.07 Å². The molecule has 1 unspecified atom stereocenters. The van der Waals surface area contributed by atoms with E-state index in [-0.39, 0.29) is 18.0 Å². The standard InChI is InChI=1S/C20H20ClN3OS/c1-12-9-10-24(20(12)26)17-11-16(13-5-2-3-6-14(13)17)23-19(25)15-7-4-8-18(21)22-15/h2-8,12,16-17H,9-11H2,1H3,(H,23,25)/t12?,16-,17-/m1/s1. The van der Waals surface area contributed by atoms with Gasteiger partial charge in [0.15, 0.2) is 0 Å². The van der Waals surface area contributed by atoms with Gasteiger partial charge in [-0.3, -0.25) is 4.79 Å². The van der Waals surface area contributed by atoms with Gasteiger partial charge in [0.2, 0.25) is 0 Å². The Morgan fingerprint density at radius 2 is 2.00 bits per heavy atom. The highest BCUT2D eigenvalue weighted by Crippen LogP contribution is 2.44. The summed E-state index contributed by atoms with van der Waals surface area (Å²) in [5.41, 5.74) is 2.76. The molecule has 1 aliphatic heterocycles. The van der Waals surface area contributed by atoms with Crippen molar-refractivity contribution in [2.75, 3.05) is 6.54 Å². The van der Waals surface area contributed by atoms with Crippen molar-refractivity contribution >= 4 is 34.7 Å². The molecule has 26 heavy (non-hydrogen) atoms. The summed E-state index contributed by atoms with van der Waals surface area (Å²) in [6, 6.07) is 13.6. The van der Waals surface area contributed by atoms with E-state index in [0.717, 1.165) is 29.9 Å². The second kappa shape index (κ2) is 6.97. The zero-order chi connectivity index (χ0) is 18.3. The second-order valence-corrected chi connectivity index (χ2v) is 7.78. The third-order valence-corrected chi connectivity index (χ3v) is 6.17. The summed E-state index contributed by atoms with van der Waals surface area (Å²) in [5, 5.41) is 3.45. The number of hydrogen-bond donors (Lipinski definition) is 1. The summed E-state index contributed by atoms with van der Waals surface area (Å²) in [4.78, 5) is 20.1. The van der Waals surface area contributed by atoms with Gasteiger partial charge in [-0.1, -0.05) is 61.1 Å². The normalized spacial score (nSPS) is 24.6. The predicted octanol–water partition coefficient (Wildman–Crippen LogP) is 4.32. The summed E-state index contributed by atoms with van der Waals surface area (Å²) >= 11 is 11.6. The van der Waals surface area contributed by atoms with E-state index in [0.29, 0.717) is 16.8 Å². The topological polar surface area (TPSA) is 45.2 Å². The number of benzene rings is 1. The molecule has 6 heteroatoms. The highest BCUT2D eigenvalue weighted by atomic mass is 35.5. The van der Waals surface area contributed by atoms with Crippen molar-refractivity contribution in [2.24, 2.45) is 5.92 Å². The minimum absolute atomic E-state index is 0.0526. The lowest BCUT2D eigenvalue weighted by Crippen LogP contribution is -2.31. The Balaban J connectivity index is 1.58. The molecule has 4 rings (SSSR count). The molecule has 0 radical (unpaired) electrons. The number of pyridine rings is 1. The van der Waals surface area contributed by atoms with Gasteiger partial charge in [0, 0.05) is 12.5 Å². The third kappa shape index (κ3) is 3.10. The molecule has 4 nitrogen and oxygen atoms in total. The maximum absolute atomic E-state index is 12.6. The van der Waals surface area contributed by atoms with Crippen LogP contribution in [0.15, 0.2) is 42.5 Å². The molecule has 1 aliphatic carbocycles. The van der Waals surface area contributed by atoms with E-state index in [2.05, 4.69) is 40.3 Å². The number of aromatic nitrogens is 1. The van der Waals surface area contributed by atoms with Gasteiger partial charge in [-0.05, 0) is 36.1 Å². The number of nitrogens with zero attached hydrogens (tertiary/aromatic N) is 2. The molecule has 1 aromatic carbocycles. The van der Waals surface area contributed by atoms with Gasteiger partial charge in [-0.2, -0.15) is 0 Å². The fourth-order valence-electron chi connectivity index (χ4n) is 3.97. The Hall–Kier alpha value is -1.98. The Morgan fingerprint density at radius 1 is 1.23 bits per heavy atom. The first-order chi connectivity index (χ1) is 12.5. The van der Waals surface area contributed by atoms with Crippen molar-refractivity contribution < 1.29 is 4.79 Å². The summed E-state index contributed by atoms with van der Waals surface area (Å²) in [6.45, 7) is 3.17. The van der Waals surface area contributed by atoms with Crippen LogP contribution >= 0.6 is 23.8 Å². The van der Waals surface area contributed by atoms with Crippen molar-refractivity contribution in [3.05, 3.63) is 64.4 Å². The summed E-state index contributed by atoms with van der Waals surface area (Å²) in [6.07, 6.45) is 1.92. The van der Waals surface area contributed by atoms with E-state index in [4.69, 9.17) is 23.8 Å². The average Bonchev–Trinajstić information content (AvgIpc) is 3.16. The molecule has 1 saturated heterocycles. The smallest absolute Gasteiger partial charge is 0.270 e. The molecule has 2 aromatic rings. The SMILES string of the molecule is CC1CCN([C@@H]2C[C@@H](NC(=O)c3cccc(Cl)n3)c3ccccc32)C1=S. The van der Waals surface area contributed by atoms with Crippen LogP contribution in [0.3, 0.4) is 0 Å². The zero-order valence-electron chi connectivity index (χ0n) is 14.5. The maximum atomic E-state index is 12.6. The lowest BCUT2D eigenvalue weighted by Gasteiger charge is -2.27. The molecule has 0 spiro atoms. The van der Waals surface area contributed by atoms with Crippen molar-refractivity contribution in [3.8, 4) is 0 Å². The van der Waals surface area contributed by atoms with Gasteiger partial charge in [0.25, 0.3) is 5.91 Å². The van der Waals surface area contributed by atoms with Crippen LogP contribution < -0.4 is 5.32 Å². The van der Waals surface area contributed by atoms with Gasteiger partial charge in [0.05, 0.1) is 17.1 Å². The van der Waals surface area contributed by atoms with Crippen molar-refractivity contribution in [1.29, 1.82) is 0 Å². The number of nitrogens with one attached hydrogen (secondary N) is 1. The number of thiocarbonyl (C=S) groups is 1. The lowest BCUT2D eigenvalue weighted by molar-refractivity contribution is 0.0928. The number of rotatable bonds is 3. The van der Waals surface area contributed by atoms with Gasteiger partial charge in [0.1, 0.15) is 10.8 Å². The monoisotopic (exact) mass is 385 g/mol. The van der Waals surface area contributed by atoms with Crippen LogP contribution in [0, 0.1) is 5.92 Å². The van der Waals surface area contributed by atoms with Crippen molar-refractivity contribution in [1.82, 2.24) is 15.2 Å². The number of likely N-dealkylation sites (tertiary alicyclic amines) is 1. The molecule has 1 N–H and O–H groups in total. The minimum Gasteiger partial charge on any atom is -0.359 e. The van der Waals surface area contributed by atoms with E-state index >= 15 is 0 Å². The van der Waals surface area contributed by atoms with E-state index in [1.165, 1.54) is 5.56 Å². The zero-order valence-corrected chi connectivity index (χ0v) is 16.1. The first-order valence-electron chi connectivity index (χ1n) is 8.87. The average molecular weight is 386 g/mol. The summed E-state index contributed by atoms with van der Waals surface area (Å²) in [5.74, 6) is 0.242. The highest BCUT2D eigenvalue weighted by Gasteiger charge is 2.39. The van der Waals surface area contributed by atoms with Crippen LogP contribution in [0.5, 0.6) is 0 Å². The van der Waals surface area contributed by atoms with Crippen molar-refractivity contribution in [2.45, 2.75) is 31.8 Å². The Kier molecular flexibility index (Phi) is 4.67. The molecule has 1 fully saturated rings. The molecule has 2 aliphatic rings. The summed E-state index contributed by atoms with van der Waals surface area (Å²) < 4.78 is 0. The van der Waals surface area contributed by atoms with Crippen molar-refractivity contribution in [3.63, 3.8) is 0 Å². The number of fused-ring (bicyclic) bond motifs is 1. The molecule has 0 saturated carbocycles. The first-order valence-corrected chi connectivity index (χ1v) is 9.66. The second-order valence-electron chi connectivity index (χ2n) is 6.97. The Morgan fingerprint density at radius 3 is 2.69 bits per heavy atom. The molecule has 2 heterocycles. The molecule has 3 atom stereocenters. The van der Waals surface area contributed by atoms with Gasteiger partial charge in [-0.15, -0.1) is 0 Å². The lowest BCUT2D eigenvalue weighted by atomic mass is 10.1. The quantitative estimate of drug-likeness (QED) is 0.631. The number of carbonyl (C=O) groups excluding carboxylic acids is 1. The molecule has 134 valence electrons. The Bertz CT molecular complexity index is 872. The number of amides is 1. The number of hydrogen-bond acceptors (Lipinski definition) is 3. The largest absolute Gasteiger partial charge is 0.359 e. The van der Waals surface area contributed by atoms with Gasteiger partial charge >= 0.3 is 0 Å². The first kappa shape index (κ1) is 17.4. The highest BCUT2D eigenvalue weighted by molar-refractivity contribution is 7.80. The number of carbonyl (C=O) groups is 1. The molecule has 1 aromatic heterocycles. The van der Waals surface area contributed by atoms with Crippen LogP contribution in [0.4, 0.5) is 0 Å². The fraction of sp³-hybridized carbons (Fsp3) is 0.350. The van der Waals surface area contributed by atoms with Crippen LogP contribution in [0.25, 0.3) is 0 Å². The molecule has 0 bridgehead atoms. The number of halogens is 1. The summed E-state index contributed by atoms with van der Waals surface area (Å²) in [7, 11) is 0. The van der Waals surface area contributed by atoms with Crippen LogP contribution in [0.1, 0.15) is 53.5 Å². The Labute approximate surface area is 163 Å². The maximum Gasteiger partial charge on any atom is 0.270 e. The van der Waals surface area contributed by atoms with Gasteiger partial charge < -0.3 is 10.2 Å².